The highest BCUT2D eigenvalue weighted by molar-refractivity contribution is 5.78. The van der Waals surface area contributed by atoms with Gasteiger partial charge in [0, 0.05) is 18.9 Å². The van der Waals surface area contributed by atoms with Crippen LogP contribution in [-0.2, 0) is 14.3 Å². The van der Waals surface area contributed by atoms with Crippen LogP contribution in [0, 0.1) is 5.92 Å². The van der Waals surface area contributed by atoms with Crippen LogP contribution in [0.5, 0.6) is 0 Å². The van der Waals surface area contributed by atoms with Crippen LogP contribution < -0.4 is 5.73 Å². The first kappa shape index (κ1) is 16.4. The molecule has 1 saturated heterocycles. The van der Waals surface area contributed by atoms with Crippen molar-refractivity contribution in [2.24, 2.45) is 11.7 Å². The normalized spacial score (nSPS) is 23.5. The van der Waals surface area contributed by atoms with Crippen LogP contribution in [0.1, 0.15) is 32.4 Å². The molecule has 0 aliphatic carbocycles. The molecule has 22 heavy (non-hydrogen) atoms. The second-order valence-corrected chi connectivity index (χ2v) is 6.35. The molecule has 1 aliphatic heterocycles. The first-order chi connectivity index (χ1) is 10.2. The second kappa shape index (κ2) is 6.02. The lowest BCUT2D eigenvalue weighted by atomic mass is 9.90. The highest BCUT2D eigenvalue weighted by Gasteiger charge is 2.48. The summed E-state index contributed by atoms with van der Waals surface area (Å²) in [6, 6.07) is 2.37. The van der Waals surface area contributed by atoms with Gasteiger partial charge < -0.3 is 15.6 Å². The molecule has 0 bridgehead atoms. The number of aliphatic carboxylic acids is 1. The Morgan fingerprint density at radius 2 is 2.00 bits per heavy atom. The van der Waals surface area contributed by atoms with Crippen LogP contribution in [0.3, 0.4) is 0 Å². The third-order valence-electron chi connectivity index (χ3n) is 3.50. The fraction of sp³-hybridized carbons (Fsp3) is 0.533. The quantitative estimate of drug-likeness (QED) is 0.791. The molecule has 0 aromatic carbocycles. The molecule has 1 aliphatic rings. The number of ether oxygens (including phenoxy) is 1. The Hall–Kier alpha value is -1.99. The van der Waals surface area contributed by atoms with E-state index in [1.807, 2.05) is 0 Å². The zero-order chi connectivity index (χ0) is 16.5. The summed E-state index contributed by atoms with van der Waals surface area (Å²) >= 11 is 0. The summed E-state index contributed by atoms with van der Waals surface area (Å²) in [7, 11) is 0. The fourth-order valence-electron chi connectivity index (χ4n) is 2.44. The first-order valence-electron chi connectivity index (χ1n) is 7.07. The third kappa shape index (κ3) is 3.42. The van der Waals surface area contributed by atoms with Gasteiger partial charge in [-0.05, 0) is 38.5 Å². The number of likely N-dealkylation sites (tertiary alicyclic amines) is 1. The zero-order valence-corrected chi connectivity index (χ0v) is 12.9. The maximum atomic E-state index is 12.0. The maximum absolute atomic E-state index is 12.0. The molecule has 2 rings (SSSR count). The number of carbonyl (C=O) groups is 2. The van der Waals surface area contributed by atoms with Crippen LogP contribution in [0.15, 0.2) is 24.5 Å². The van der Waals surface area contributed by atoms with Crippen LogP contribution in [-0.4, -0.2) is 45.2 Å². The number of esters is 1. The summed E-state index contributed by atoms with van der Waals surface area (Å²) in [6.07, 6.45) is 2.38. The molecule has 7 heteroatoms. The average Bonchev–Trinajstić information content (AvgIpc) is 2.40. The molecule has 2 heterocycles. The van der Waals surface area contributed by atoms with Gasteiger partial charge in [-0.15, -0.1) is 0 Å². The lowest BCUT2D eigenvalue weighted by Crippen LogP contribution is -2.66. The molecule has 3 N–H and O–H groups in total. The Labute approximate surface area is 129 Å². The Morgan fingerprint density at radius 3 is 2.45 bits per heavy atom. The van der Waals surface area contributed by atoms with Crippen molar-refractivity contribution < 1.29 is 19.4 Å². The van der Waals surface area contributed by atoms with Crippen molar-refractivity contribution >= 4 is 11.9 Å². The van der Waals surface area contributed by atoms with Crippen LogP contribution >= 0.6 is 0 Å². The van der Waals surface area contributed by atoms with Gasteiger partial charge in [0.1, 0.15) is 11.6 Å². The van der Waals surface area contributed by atoms with E-state index in [0.29, 0.717) is 5.56 Å². The minimum Gasteiger partial charge on any atom is -0.480 e. The van der Waals surface area contributed by atoms with Gasteiger partial charge in [-0.1, -0.05) is 0 Å². The topological polar surface area (TPSA) is 106 Å². The fourth-order valence-corrected chi connectivity index (χ4v) is 2.44. The van der Waals surface area contributed by atoms with Gasteiger partial charge in [0.2, 0.25) is 0 Å². The number of carbonyl (C=O) groups excluding carboxylic acids is 1. The SMILES string of the molecule is CC(C)(C)OC(=O)[C@@H]1CN([C@H](C(=O)O)c2ccncc2)[C@H]1N. The zero-order valence-electron chi connectivity index (χ0n) is 12.9. The monoisotopic (exact) mass is 307 g/mol. The van der Waals surface area contributed by atoms with Crippen molar-refractivity contribution in [2.45, 2.75) is 38.6 Å². The number of carboxylic acid groups (broad SMARTS) is 1. The van der Waals surface area contributed by atoms with Gasteiger partial charge in [-0.25, -0.2) is 0 Å². The minimum atomic E-state index is -1.01. The van der Waals surface area contributed by atoms with Gasteiger partial charge in [-0.3, -0.25) is 19.5 Å². The summed E-state index contributed by atoms with van der Waals surface area (Å²) in [5.41, 5.74) is 6.00. The molecule has 1 fully saturated rings. The molecule has 7 nitrogen and oxygen atoms in total. The van der Waals surface area contributed by atoms with Crippen molar-refractivity contribution in [3.05, 3.63) is 30.1 Å². The minimum absolute atomic E-state index is 0.259. The highest BCUT2D eigenvalue weighted by Crippen LogP contribution is 2.33. The smallest absolute Gasteiger partial charge is 0.325 e. The maximum Gasteiger partial charge on any atom is 0.325 e. The lowest BCUT2D eigenvalue weighted by Gasteiger charge is -2.47. The molecule has 120 valence electrons. The van der Waals surface area contributed by atoms with Crippen LogP contribution in [0.4, 0.5) is 0 Å². The largest absolute Gasteiger partial charge is 0.480 e. The van der Waals surface area contributed by atoms with Crippen molar-refractivity contribution in [3.63, 3.8) is 0 Å². The lowest BCUT2D eigenvalue weighted by molar-refractivity contribution is -0.176. The van der Waals surface area contributed by atoms with Crippen molar-refractivity contribution in [1.29, 1.82) is 0 Å². The number of hydrogen-bond acceptors (Lipinski definition) is 6. The Bertz CT molecular complexity index is 556. The molecule has 3 atom stereocenters. The Morgan fingerprint density at radius 1 is 1.41 bits per heavy atom. The predicted octanol–water partition coefficient (Wildman–Crippen LogP) is 0.766. The number of aromatic nitrogens is 1. The average molecular weight is 307 g/mol. The van der Waals surface area contributed by atoms with Crippen LogP contribution in [0.25, 0.3) is 0 Å². The molecule has 0 saturated carbocycles. The predicted molar refractivity (Wildman–Crippen MR) is 78.6 cm³/mol. The molecule has 0 amide bonds. The molecule has 0 spiro atoms. The Balaban J connectivity index is 2.09. The summed E-state index contributed by atoms with van der Waals surface area (Å²) in [5.74, 6) is -1.91. The highest BCUT2D eigenvalue weighted by atomic mass is 16.6. The number of carboxylic acids is 1. The second-order valence-electron chi connectivity index (χ2n) is 6.35. The van der Waals surface area contributed by atoms with Gasteiger partial charge in [0.25, 0.3) is 0 Å². The number of nitrogens with zero attached hydrogens (tertiary/aromatic N) is 2. The summed E-state index contributed by atoms with van der Waals surface area (Å²) < 4.78 is 5.30. The van der Waals surface area contributed by atoms with E-state index in [0.717, 1.165) is 0 Å². The summed E-state index contributed by atoms with van der Waals surface area (Å²) in [6.45, 7) is 5.60. The summed E-state index contributed by atoms with van der Waals surface area (Å²) in [4.78, 5) is 29.0. The molecule has 1 aromatic rings. The van der Waals surface area contributed by atoms with Crippen molar-refractivity contribution in [2.75, 3.05) is 6.54 Å². The Kier molecular flexibility index (Phi) is 4.48. The van der Waals surface area contributed by atoms with E-state index in [9.17, 15) is 14.7 Å². The molecule has 1 aromatic heterocycles. The molecule has 0 unspecified atom stereocenters. The number of rotatable bonds is 4. The van der Waals surface area contributed by atoms with Crippen molar-refractivity contribution in [1.82, 2.24) is 9.88 Å². The van der Waals surface area contributed by atoms with Gasteiger partial charge in [-0.2, -0.15) is 0 Å². The van der Waals surface area contributed by atoms with E-state index in [1.165, 1.54) is 12.4 Å². The molecular formula is C15H21N3O4. The van der Waals surface area contributed by atoms with E-state index < -0.39 is 35.7 Å². The molecule has 0 radical (unpaired) electrons. The van der Waals surface area contributed by atoms with Crippen molar-refractivity contribution in [3.8, 4) is 0 Å². The van der Waals surface area contributed by atoms with E-state index in [1.54, 1.807) is 37.8 Å². The van der Waals surface area contributed by atoms with E-state index in [-0.39, 0.29) is 6.54 Å². The third-order valence-corrected chi connectivity index (χ3v) is 3.50. The molecular weight excluding hydrogens is 286 g/mol. The number of pyridine rings is 1. The summed E-state index contributed by atoms with van der Waals surface area (Å²) in [5, 5.41) is 9.46. The van der Waals surface area contributed by atoms with E-state index >= 15 is 0 Å². The standard InChI is InChI=1S/C15H21N3O4/c1-15(2,3)22-14(21)10-8-18(12(10)16)11(13(19)20)9-4-6-17-7-5-9/h4-7,10-12H,8,16H2,1-3H3,(H,19,20)/t10-,11+,12-/m1/s1. The number of hydrogen-bond donors (Lipinski definition) is 2. The number of nitrogens with two attached hydrogens (primary N) is 1. The van der Waals surface area contributed by atoms with E-state index in [4.69, 9.17) is 10.5 Å². The van der Waals surface area contributed by atoms with E-state index in [2.05, 4.69) is 4.98 Å². The van der Waals surface area contributed by atoms with Gasteiger partial charge in [0.15, 0.2) is 0 Å². The van der Waals surface area contributed by atoms with Gasteiger partial charge in [0.05, 0.1) is 12.1 Å². The van der Waals surface area contributed by atoms with Gasteiger partial charge >= 0.3 is 11.9 Å². The van der Waals surface area contributed by atoms with Crippen LogP contribution in [0.2, 0.25) is 0 Å². The first-order valence-corrected chi connectivity index (χ1v) is 7.07.